The highest BCUT2D eigenvalue weighted by molar-refractivity contribution is 5.84. The topological polar surface area (TPSA) is 62.8 Å². The minimum absolute atomic E-state index is 0.363. The smallest absolute Gasteiger partial charge is 0.345 e. The van der Waals surface area contributed by atoms with E-state index in [1.54, 1.807) is 0 Å². The summed E-state index contributed by atoms with van der Waals surface area (Å²) in [5.41, 5.74) is 4.35. The van der Waals surface area contributed by atoms with Crippen LogP contribution >= 0.6 is 0 Å². The molecule has 0 aliphatic carbocycles. The Bertz CT molecular complexity index is 1270. The van der Waals surface area contributed by atoms with Crippen LogP contribution in [-0.2, 0) is 0 Å². The Balaban J connectivity index is 1.58. The molecule has 0 saturated carbocycles. The van der Waals surface area contributed by atoms with Gasteiger partial charge >= 0.3 is 5.63 Å². The van der Waals surface area contributed by atoms with Crippen LogP contribution in [0.4, 0.5) is 5.69 Å². The first-order valence-electron chi connectivity index (χ1n) is 10.0. The Morgan fingerprint density at radius 3 is 2.90 bits per heavy atom. The summed E-state index contributed by atoms with van der Waals surface area (Å²) in [6.45, 7) is 8.26. The Morgan fingerprint density at radius 2 is 2.07 bits per heavy atom. The molecule has 3 aromatic heterocycles. The maximum Gasteiger partial charge on any atom is 0.345 e. The lowest BCUT2D eigenvalue weighted by atomic mass is 10.1. The largest absolute Gasteiger partial charge is 0.422 e. The number of aryl methyl sites for hydroxylation is 1. The van der Waals surface area contributed by atoms with Crippen LogP contribution in [0.3, 0.4) is 0 Å². The van der Waals surface area contributed by atoms with Crippen LogP contribution in [0.25, 0.3) is 27.9 Å². The van der Waals surface area contributed by atoms with Crippen molar-refractivity contribution in [2.75, 3.05) is 18.0 Å². The molecular formula is C23H24N4O2. The predicted octanol–water partition coefficient (Wildman–Crippen LogP) is 3.60. The number of imidazole rings is 1. The minimum atomic E-state index is -0.363. The molecular weight excluding hydrogens is 364 g/mol. The molecule has 1 N–H and O–H groups in total. The number of nitrogens with zero attached hydrogens (tertiary/aromatic N) is 3. The van der Waals surface area contributed by atoms with E-state index in [1.165, 1.54) is 0 Å². The van der Waals surface area contributed by atoms with E-state index in [-0.39, 0.29) is 5.63 Å². The van der Waals surface area contributed by atoms with Gasteiger partial charge in [-0.3, -0.25) is 0 Å². The zero-order valence-corrected chi connectivity index (χ0v) is 16.8. The molecule has 0 spiro atoms. The second-order valence-corrected chi connectivity index (χ2v) is 8.03. The Kier molecular flexibility index (Phi) is 4.17. The molecule has 5 rings (SSSR count). The number of rotatable bonds is 2. The van der Waals surface area contributed by atoms with Gasteiger partial charge in [0.15, 0.2) is 0 Å². The number of fused-ring (bicyclic) bond motifs is 2. The van der Waals surface area contributed by atoms with Gasteiger partial charge in [0, 0.05) is 54.7 Å². The van der Waals surface area contributed by atoms with Gasteiger partial charge < -0.3 is 19.0 Å². The maximum atomic E-state index is 12.8. The SMILES string of the molecule is Cc1cccn2cc(-c3cc4ccc(N5C[C@H](C)NC[C@H]5C)cc4oc3=O)nc12. The molecule has 148 valence electrons. The minimum Gasteiger partial charge on any atom is -0.422 e. The summed E-state index contributed by atoms with van der Waals surface area (Å²) >= 11 is 0. The summed E-state index contributed by atoms with van der Waals surface area (Å²) in [5.74, 6) is 0. The molecule has 1 aliphatic rings. The number of benzene rings is 1. The zero-order valence-electron chi connectivity index (χ0n) is 16.8. The molecule has 4 heterocycles. The second kappa shape index (κ2) is 6.74. The van der Waals surface area contributed by atoms with Gasteiger partial charge in [-0.25, -0.2) is 9.78 Å². The van der Waals surface area contributed by atoms with Gasteiger partial charge in [-0.15, -0.1) is 0 Å². The van der Waals surface area contributed by atoms with Crippen molar-refractivity contribution >= 4 is 22.3 Å². The zero-order chi connectivity index (χ0) is 20.1. The highest BCUT2D eigenvalue weighted by Gasteiger charge is 2.23. The van der Waals surface area contributed by atoms with Crippen LogP contribution < -0.4 is 15.8 Å². The van der Waals surface area contributed by atoms with Crippen molar-refractivity contribution in [2.24, 2.45) is 0 Å². The van der Waals surface area contributed by atoms with Gasteiger partial charge in [-0.1, -0.05) is 6.07 Å². The fourth-order valence-corrected chi connectivity index (χ4v) is 4.12. The van der Waals surface area contributed by atoms with Crippen LogP contribution in [0, 0.1) is 6.92 Å². The Morgan fingerprint density at radius 1 is 1.21 bits per heavy atom. The van der Waals surface area contributed by atoms with Crippen molar-refractivity contribution in [1.29, 1.82) is 0 Å². The second-order valence-electron chi connectivity index (χ2n) is 8.03. The average molecular weight is 388 g/mol. The normalized spacial score (nSPS) is 19.9. The van der Waals surface area contributed by atoms with Crippen molar-refractivity contribution < 1.29 is 4.42 Å². The number of aromatic nitrogens is 2. The fraction of sp³-hybridized carbons (Fsp3) is 0.304. The van der Waals surface area contributed by atoms with Crippen LogP contribution in [0.5, 0.6) is 0 Å². The van der Waals surface area contributed by atoms with E-state index in [1.807, 2.05) is 54.0 Å². The lowest BCUT2D eigenvalue weighted by Gasteiger charge is -2.39. The van der Waals surface area contributed by atoms with Gasteiger partial charge in [0.2, 0.25) is 0 Å². The molecule has 0 amide bonds. The van der Waals surface area contributed by atoms with E-state index in [0.29, 0.717) is 28.9 Å². The van der Waals surface area contributed by atoms with Crippen LogP contribution in [0.15, 0.2) is 58.0 Å². The first-order chi connectivity index (χ1) is 14.0. The van der Waals surface area contributed by atoms with Gasteiger partial charge in [0.1, 0.15) is 11.2 Å². The summed E-state index contributed by atoms with van der Waals surface area (Å²) in [4.78, 5) is 19.8. The van der Waals surface area contributed by atoms with E-state index in [4.69, 9.17) is 4.42 Å². The number of nitrogens with one attached hydrogen (secondary N) is 1. The monoisotopic (exact) mass is 388 g/mol. The quantitative estimate of drug-likeness (QED) is 0.532. The van der Waals surface area contributed by atoms with Crippen molar-refractivity contribution in [3.05, 3.63) is 64.8 Å². The highest BCUT2D eigenvalue weighted by Crippen LogP contribution is 2.27. The third kappa shape index (κ3) is 3.09. The number of pyridine rings is 1. The fourth-order valence-electron chi connectivity index (χ4n) is 4.12. The van der Waals surface area contributed by atoms with Crippen molar-refractivity contribution in [2.45, 2.75) is 32.9 Å². The molecule has 0 unspecified atom stereocenters. The van der Waals surface area contributed by atoms with E-state index in [2.05, 4.69) is 35.1 Å². The Hall–Kier alpha value is -3.12. The van der Waals surface area contributed by atoms with E-state index in [9.17, 15) is 4.79 Å². The summed E-state index contributed by atoms with van der Waals surface area (Å²) in [6, 6.07) is 12.8. The number of hydrogen-bond donors (Lipinski definition) is 1. The first-order valence-corrected chi connectivity index (χ1v) is 10.0. The number of piperazine rings is 1. The molecule has 0 bridgehead atoms. The van der Waals surface area contributed by atoms with Crippen molar-refractivity contribution in [3.63, 3.8) is 0 Å². The number of hydrogen-bond acceptors (Lipinski definition) is 5. The Labute approximate surface area is 168 Å². The van der Waals surface area contributed by atoms with Crippen LogP contribution in [0.1, 0.15) is 19.4 Å². The molecule has 1 aromatic carbocycles. The average Bonchev–Trinajstić information content (AvgIpc) is 3.14. The van der Waals surface area contributed by atoms with E-state index in [0.717, 1.165) is 35.4 Å². The first kappa shape index (κ1) is 17.9. The van der Waals surface area contributed by atoms with Crippen LogP contribution in [-0.4, -0.2) is 34.6 Å². The molecule has 6 heteroatoms. The van der Waals surface area contributed by atoms with Crippen LogP contribution in [0.2, 0.25) is 0 Å². The maximum absolute atomic E-state index is 12.8. The summed E-state index contributed by atoms with van der Waals surface area (Å²) in [5, 5.41) is 4.39. The number of anilines is 1. The lowest BCUT2D eigenvalue weighted by molar-refractivity contribution is 0.425. The standard InChI is InChI=1S/C23H24N4O2/c1-14-5-4-8-26-13-20(25-22(14)26)19-9-17-6-7-18(10-21(17)29-23(19)28)27-12-15(2)24-11-16(27)3/h4-10,13,15-16,24H,11-12H2,1-3H3/t15-,16+/m0/s1. The van der Waals surface area contributed by atoms with Crippen molar-refractivity contribution in [3.8, 4) is 11.3 Å². The van der Waals surface area contributed by atoms with Crippen molar-refractivity contribution in [1.82, 2.24) is 14.7 Å². The molecule has 1 fully saturated rings. The van der Waals surface area contributed by atoms with Gasteiger partial charge in [-0.2, -0.15) is 0 Å². The third-order valence-corrected chi connectivity index (χ3v) is 5.77. The van der Waals surface area contributed by atoms with Gasteiger partial charge in [0.05, 0.1) is 11.3 Å². The third-order valence-electron chi connectivity index (χ3n) is 5.77. The van der Waals surface area contributed by atoms with Gasteiger partial charge in [0.25, 0.3) is 0 Å². The predicted molar refractivity (Wildman–Crippen MR) is 116 cm³/mol. The van der Waals surface area contributed by atoms with E-state index < -0.39 is 0 Å². The summed E-state index contributed by atoms with van der Waals surface area (Å²) in [7, 11) is 0. The molecule has 4 aromatic rings. The molecule has 1 aliphatic heterocycles. The lowest BCUT2D eigenvalue weighted by Crippen LogP contribution is -2.54. The summed E-state index contributed by atoms with van der Waals surface area (Å²) < 4.78 is 7.65. The molecule has 1 saturated heterocycles. The highest BCUT2D eigenvalue weighted by atomic mass is 16.4. The molecule has 29 heavy (non-hydrogen) atoms. The molecule has 2 atom stereocenters. The van der Waals surface area contributed by atoms with E-state index >= 15 is 0 Å². The summed E-state index contributed by atoms with van der Waals surface area (Å²) in [6.07, 6.45) is 3.81. The molecule has 0 radical (unpaired) electrons. The molecule has 6 nitrogen and oxygen atoms in total. The van der Waals surface area contributed by atoms with Gasteiger partial charge in [-0.05, 0) is 50.6 Å².